The summed E-state index contributed by atoms with van der Waals surface area (Å²) in [5.74, 6) is 0.0434. The van der Waals surface area contributed by atoms with Crippen LogP contribution >= 0.6 is 0 Å². The number of benzene rings is 3. The van der Waals surface area contributed by atoms with E-state index in [1.165, 1.54) is 22.8 Å². The summed E-state index contributed by atoms with van der Waals surface area (Å²) in [6.07, 6.45) is 0. The Balaban J connectivity index is 1.72. The van der Waals surface area contributed by atoms with Crippen LogP contribution in [0.3, 0.4) is 0 Å². The standard InChI is InChI=1S/C25H18FN3O2/c1-14-11-24(31)29(15(2)27-14)17-7-8-19(21(26)13-17)18-9-10-23(30)25-20(18)12-16-5-3-4-6-22(16)28-25/h3-13,30H,1-2H3. The van der Waals surface area contributed by atoms with Crippen LogP contribution in [0.2, 0.25) is 0 Å². The average Bonchev–Trinajstić information content (AvgIpc) is 2.73. The third kappa shape index (κ3) is 3.13. The normalized spacial score (nSPS) is 11.3. The van der Waals surface area contributed by atoms with Crippen molar-refractivity contribution >= 4 is 21.8 Å². The van der Waals surface area contributed by atoms with Gasteiger partial charge in [-0.25, -0.2) is 14.4 Å². The average molecular weight is 411 g/mol. The van der Waals surface area contributed by atoms with Gasteiger partial charge in [-0.1, -0.05) is 18.2 Å². The van der Waals surface area contributed by atoms with Crippen LogP contribution in [0.15, 0.2) is 71.5 Å². The third-order valence-electron chi connectivity index (χ3n) is 5.38. The van der Waals surface area contributed by atoms with Crippen molar-refractivity contribution in [2.24, 2.45) is 0 Å². The molecule has 0 aliphatic rings. The van der Waals surface area contributed by atoms with Crippen LogP contribution in [0.1, 0.15) is 11.5 Å². The monoisotopic (exact) mass is 411 g/mol. The third-order valence-corrected chi connectivity index (χ3v) is 5.38. The van der Waals surface area contributed by atoms with E-state index in [0.29, 0.717) is 39.2 Å². The number of para-hydroxylation sites is 1. The number of rotatable bonds is 2. The van der Waals surface area contributed by atoms with Gasteiger partial charge in [-0.3, -0.25) is 9.36 Å². The van der Waals surface area contributed by atoms with E-state index >= 15 is 4.39 Å². The molecule has 0 saturated heterocycles. The molecular formula is C25H18FN3O2. The maximum absolute atomic E-state index is 15.3. The molecule has 1 N–H and O–H groups in total. The molecule has 0 aliphatic heterocycles. The molecule has 0 spiro atoms. The van der Waals surface area contributed by atoms with E-state index in [1.807, 2.05) is 30.3 Å². The Morgan fingerprint density at radius 1 is 0.903 bits per heavy atom. The largest absolute Gasteiger partial charge is 0.506 e. The number of aryl methyl sites for hydroxylation is 2. The SMILES string of the molecule is Cc1cc(=O)n(-c2ccc(-c3ccc(O)c4nc5ccccc5cc34)c(F)c2)c(C)n1. The van der Waals surface area contributed by atoms with Gasteiger partial charge in [0.25, 0.3) is 5.56 Å². The van der Waals surface area contributed by atoms with Gasteiger partial charge in [-0.15, -0.1) is 0 Å². The molecule has 0 aliphatic carbocycles. The molecule has 5 nitrogen and oxygen atoms in total. The van der Waals surface area contributed by atoms with Crippen LogP contribution in [0.25, 0.3) is 38.6 Å². The number of aromatic nitrogens is 3. The smallest absolute Gasteiger partial charge is 0.258 e. The van der Waals surface area contributed by atoms with Crippen LogP contribution < -0.4 is 5.56 Å². The van der Waals surface area contributed by atoms with Crippen LogP contribution in [-0.4, -0.2) is 19.6 Å². The number of halogens is 1. The van der Waals surface area contributed by atoms with Gasteiger partial charge < -0.3 is 5.11 Å². The zero-order valence-corrected chi connectivity index (χ0v) is 16.9. The molecule has 5 rings (SSSR count). The first-order valence-electron chi connectivity index (χ1n) is 9.81. The first-order chi connectivity index (χ1) is 14.9. The van der Waals surface area contributed by atoms with E-state index in [2.05, 4.69) is 9.97 Å². The molecule has 2 heterocycles. The van der Waals surface area contributed by atoms with E-state index in [0.717, 1.165) is 10.9 Å². The van der Waals surface area contributed by atoms with Crippen molar-refractivity contribution in [1.29, 1.82) is 0 Å². The van der Waals surface area contributed by atoms with Gasteiger partial charge in [0.1, 0.15) is 22.9 Å². The molecule has 0 atom stereocenters. The highest BCUT2D eigenvalue weighted by Gasteiger charge is 2.15. The molecule has 31 heavy (non-hydrogen) atoms. The zero-order chi connectivity index (χ0) is 21.7. The van der Waals surface area contributed by atoms with E-state index < -0.39 is 5.82 Å². The summed E-state index contributed by atoms with van der Waals surface area (Å²) in [5, 5.41) is 11.9. The van der Waals surface area contributed by atoms with Crippen LogP contribution in [0.4, 0.5) is 4.39 Å². The van der Waals surface area contributed by atoms with Crippen molar-refractivity contribution in [3.8, 4) is 22.6 Å². The summed E-state index contributed by atoms with van der Waals surface area (Å²) in [7, 11) is 0. The molecule has 0 radical (unpaired) electrons. The molecule has 6 heteroatoms. The lowest BCUT2D eigenvalue weighted by Crippen LogP contribution is -2.21. The molecule has 5 aromatic rings. The molecule has 0 fully saturated rings. The molecule has 2 aromatic heterocycles. The number of aromatic hydroxyl groups is 1. The number of phenols is 1. The maximum atomic E-state index is 15.3. The number of fused-ring (bicyclic) bond motifs is 2. The predicted octanol–water partition coefficient (Wildman–Crippen LogP) is 5.06. The lowest BCUT2D eigenvalue weighted by Gasteiger charge is -2.13. The second kappa shape index (κ2) is 7.02. The van der Waals surface area contributed by atoms with Gasteiger partial charge in [0.15, 0.2) is 0 Å². The van der Waals surface area contributed by atoms with Crippen molar-refractivity contribution < 1.29 is 9.50 Å². The van der Waals surface area contributed by atoms with E-state index in [9.17, 15) is 9.90 Å². The quantitative estimate of drug-likeness (QED) is 0.412. The zero-order valence-electron chi connectivity index (χ0n) is 16.9. The molecule has 3 aromatic carbocycles. The number of hydrogen-bond acceptors (Lipinski definition) is 4. The fraction of sp³-hybridized carbons (Fsp3) is 0.0800. The van der Waals surface area contributed by atoms with Crippen molar-refractivity contribution in [2.45, 2.75) is 13.8 Å². The van der Waals surface area contributed by atoms with Gasteiger partial charge in [0, 0.05) is 28.1 Å². The Hall–Kier alpha value is -4.06. The Morgan fingerprint density at radius 3 is 2.45 bits per heavy atom. The van der Waals surface area contributed by atoms with Gasteiger partial charge in [-0.2, -0.15) is 0 Å². The molecule has 0 unspecified atom stereocenters. The van der Waals surface area contributed by atoms with Crippen LogP contribution in [0.5, 0.6) is 5.75 Å². The van der Waals surface area contributed by atoms with Gasteiger partial charge in [-0.05, 0) is 61.9 Å². The van der Waals surface area contributed by atoms with Gasteiger partial charge in [0.05, 0.1) is 11.2 Å². The predicted molar refractivity (Wildman–Crippen MR) is 119 cm³/mol. The minimum atomic E-state index is -0.482. The summed E-state index contributed by atoms with van der Waals surface area (Å²) in [5.41, 5.74) is 2.89. The summed E-state index contributed by atoms with van der Waals surface area (Å²) in [6.45, 7) is 3.46. The second-order valence-electron chi connectivity index (χ2n) is 7.49. The van der Waals surface area contributed by atoms with Crippen molar-refractivity contribution in [3.05, 3.63) is 94.4 Å². The molecular weight excluding hydrogens is 393 g/mol. The highest BCUT2D eigenvalue weighted by molar-refractivity contribution is 6.03. The number of nitrogens with zero attached hydrogens (tertiary/aromatic N) is 3. The highest BCUT2D eigenvalue weighted by Crippen LogP contribution is 2.36. The highest BCUT2D eigenvalue weighted by atomic mass is 19.1. The van der Waals surface area contributed by atoms with Crippen LogP contribution in [0, 0.1) is 19.7 Å². The first-order valence-corrected chi connectivity index (χ1v) is 9.81. The molecule has 0 bridgehead atoms. The lowest BCUT2D eigenvalue weighted by atomic mass is 9.98. The number of phenolic OH excluding ortho intramolecular Hbond substituents is 1. The maximum Gasteiger partial charge on any atom is 0.258 e. The second-order valence-corrected chi connectivity index (χ2v) is 7.49. The molecule has 0 amide bonds. The van der Waals surface area contributed by atoms with Crippen molar-refractivity contribution in [1.82, 2.24) is 14.5 Å². The van der Waals surface area contributed by atoms with E-state index in [-0.39, 0.29) is 11.3 Å². The number of hydrogen-bond donors (Lipinski definition) is 1. The number of pyridine rings is 1. The fourth-order valence-corrected chi connectivity index (χ4v) is 4.00. The summed E-state index contributed by atoms with van der Waals surface area (Å²) < 4.78 is 16.7. The Labute approximate surface area is 177 Å². The van der Waals surface area contributed by atoms with Crippen molar-refractivity contribution in [3.63, 3.8) is 0 Å². The van der Waals surface area contributed by atoms with E-state index in [4.69, 9.17) is 0 Å². The van der Waals surface area contributed by atoms with Gasteiger partial charge in [0.2, 0.25) is 0 Å². The summed E-state index contributed by atoms with van der Waals surface area (Å²) in [6, 6.07) is 18.8. The van der Waals surface area contributed by atoms with Gasteiger partial charge >= 0.3 is 0 Å². The Morgan fingerprint density at radius 2 is 1.68 bits per heavy atom. The fourth-order valence-electron chi connectivity index (χ4n) is 4.00. The first kappa shape index (κ1) is 18.9. The molecule has 0 saturated carbocycles. The minimum absolute atomic E-state index is 0.0365. The van der Waals surface area contributed by atoms with Crippen molar-refractivity contribution in [2.75, 3.05) is 0 Å². The van der Waals surface area contributed by atoms with E-state index in [1.54, 1.807) is 32.0 Å². The molecule has 152 valence electrons. The van der Waals surface area contributed by atoms with Crippen LogP contribution in [-0.2, 0) is 0 Å². The summed E-state index contributed by atoms with van der Waals surface area (Å²) >= 11 is 0. The Kier molecular flexibility index (Phi) is 4.29. The Bertz CT molecular complexity index is 1560. The lowest BCUT2D eigenvalue weighted by molar-refractivity contribution is 0.480. The summed E-state index contributed by atoms with van der Waals surface area (Å²) in [4.78, 5) is 21.3. The minimum Gasteiger partial charge on any atom is -0.506 e. The topological polar surface area (TPSA) is 68.0 Å².